The van der Waals surface area contributed by atoms with Crippen molar-refractivity contribution >= 4 is 23.3 Å². The van der Waals surface area contributed by atoms with E-state index in [0.717, 1.165) is 11.1 Å². The van der Waals surface area contributed by atoms with Crippen LogP contribution in [0.2, 0.25) is 5.02 Å². The molecule has 0 fully saturated rings. The maximum Gasteiger partial charge on any atom is 0.307 e. The lowest BCUT2D eigenvalue weighted by molar-refractivity contribution is -0.136. The van der Waals surface area contributed by atoms with Crippen LogP contribution in [0.5, 0.6) is 0 Å². The van der Waals surface area contributed by atoms with E-state index in [1.807, 2.05) is 12.1 Å². The predicted octanol–water partition coefficient (Wildman–Crippen LogP) is 3.72. The van der Waals surface area contributed by atoms with Crippen LogP contribution in [0.25, 0.3) is 0 Å². The minimum atomic E-state index is -0.864. The molecule has 2 aromatic rings. The Morgan fingerprint density at radius 1 is 1.15 bits per heavy atom. The molecule has 0 bridgehead atoms. The summed E-state index contributed by atoms with van der Waals surface area (Å²) in [6, 6.07) is 11.4. The second-order valence-electron chi connectivity index (χ2n) is 4.36. The number of hydrogen-bond acceptors (Lipinski definition) is 2. The number of halogens is 2. The Labute approximate surface area is 121 Å². The minimum absolute atomic E-state index is 0.00334. The van der Waals surface area contributed by atoms with Crippen LogP contribution >= 0.6 is 11.6 Å². The summed E-state index contributed by atoms with van der Waals surface area (Å²) in [6.07, 6.45) is -0.00334. The van der Waals surface area contributed by atoms with Crippen LogP contribution in [-0.4, -0.2) is 11.1 Å². The number of carboxylic acids is 1. The molecule has 0 spiro atoms. The Bertz CT molecular complexity index is 614. The first-order valence-electron chi connectivity index (χ1n) is 6.03. The van der Waals surface area contributed by atoms with Gasteiger partial charge in [0, 0.05) is 11.6 Å². The number of benzene rings is 2. The lowest BCUT2D eigenvalue weighted by Crippen LogP contribution is -2.03. The molecule has 0 radical (unpaired) electrons. The molecular weight excluding hydrogens is 281 g/mol. The highest BCUT2D eigenvalue weighted by molar-refractivity contribution is 6.30. The summed E-state index contributed by atoms with van der Waals surface area (Å²) in [7, 11) is 0. The largest absolute Gasteiger partial charge is 0.481 e. The highest BCUT2D eigenvalue weighted by Gasteiger charge is 2.03. The molecule has 3 nitrogen and oxygen atoms in total. The molecule has 5 heteroatoms. The zero-order valence-corrected chi connectivity index (χ0v) is 11.3. The molecule has 0 heterocycles. The summed E-state index contributed by atoms with van der Waals surface area (Å²) >= 11 is 5.81. The van der Waals surface area contributed by atoms with Crippen molar-refractivity contribution in [2.24, 2.45) is 0 Å². The minimum Gasteiger partial charge on any atom is -0.481 e. The summed E-state index contributed by atoms with van der Waals surface area (Å²) in [5.41, 5.74) is 2.00. The van der Waals surface area contributed by atoms with Crippen molar-refractivity contribution in [1.82, 2.24) is 0 Å². The SMILES string of the molecule is O=C(O)Cc1ccc(CNc2cc(Cl)ccc2F)cc1. The van der Waals surface area contributed by atoms with Gasteiger partial charge in [0.2, 0.25) is 0 Å². The predicted molar refractivity (Wildman–Crippen MR) is 76.5 cm³/mol. The second kappa shape index (κ2) is 6.39. The van der Waals surface area contributed by atoms with Crippen molar-refractivity contribution in [1.29, 1.82) is 0 Å². The first kappa shape index (κ1) is 14.3. The van der Waals surface area contributed by atoms with Gasteiger partial charge in [-0.2, -0.15) is 0 Å². The van der Waals surface area contributed by atoms with Gasteiger partial charge in [-0.3, -0.25) is 4.79 Å². The molecule has 0 atom stereocenters. The molecule has 20 heavy (non-hydrogen) atoms. The van der Waals surface area contributed by atoms with Gasteiger partial charge in [0.25, 0.3) is 0 Å². The number of carboxylic acid groups (broad SMARTS) is 1. The van der Waals surface area contributed by atoms with Gasteiger partial charge in [-0.1, -0.05) is 35.9 Å². The molecule has 0 unspecified atom stereocenters. The van der Waals surface area contributed by atoms with Crippen LogP contribution in [0.15, 0.2) is 42.5 Å². The molecular formula is C15H13ClFNO2. The van der Waals surface area contributed by atoms with Gasteiger partial charge < -0.3 is 10.4 Å². The Hall–Kier alpha value is -2.07. The molecule has 0 aromatic heterocycles. The third kappa shape index (κ3) is 3.96. The summed E-state index contributed by atoms with van der Waals surface area (Å²) < 4.78 is 13.5. The smallest absolute Gasteiger partial charge is 0.307 e. The topological polar surface area (TPSA) is 49.3 Å². The molecule has 0 saturated carbocycles. The second-order valence-corrected chi connectivity index (χ2v) is 4.80. The zero-order valence-electron chi connectivity index (χ0n) is 10.6. The highest BCUT2D eigenvalue weighted by atomic mass is 35.5. The van der Waals surface area contributed by atoms with Gasteiger partial charge in [0.15, 0.2) is 0 Å². The van der Waals surface area contributed by atoms with Gasteiger partial charge in [-0.05, 0) is 29.3 Å². The highest BCUT2D eigenvalue weighted by Crippen LogP contribution is 2.20. The van der Waals surface area contributed by atoms with Crippen molar-refractivity contribution in [3.8, 4) is 0 Å². The average molecular weight is 294 g/mol. The number of anilines is 1. The van der Waals surface area contributed by atoms with E-state index in [0.29, 0.717) is 17.3 Å². The normalized spacial score (nSPS) is 10.3. The van der Waals surface area contributed by atoms with Gasteiger partial charge >= 0.3 is 5.97 Å². The van der Waals surface area contributed by atoms with E-state index in [4.69, 9.17) is 16.7 Å². The third-order valence-corrected chi connectivity index (χ3v) is 3.02. The van der Waals surface area contributed by atoms with Crippen molar-refractivity contribution in [3.05, 3.63) is 64.4 Å². The van der Waals surface area contributed by atoms with Gasteiger partial charge in [-0.25, -0.2) is 4.39 Å². The van der Waals surface area contributed by atoms with E-state index < -0.39 is 5.97 Å². The van der Waals surface area contributed by atoms with E-state index in [9.17, 15) is 9.18 Å². The summed E-state index contributed by atoms with van der Waals surface area (Å²) in [4.78, 5) is 10.6. The van der Waals surface area contributed by atoms with E-state index in [1.165, 1.54) is 18.2 Å². The molecule has 2 rings (SSSR count). The standard InChI is InChI=1S/C15H13ClFNO2/c16-12-5-6-13(17)14(8-12)18-9-11-3-1-10(2-4-11)7-15(19)20/h1-6,8,18H,7,9H2,(H,19,20). The van der Waals surface area contributed by atoms with Gasteiger partial charge in [-0.15, -0.1) is 0 Å². The molecule has 0 saturated heterocycles. The summed E-state index contributed by atoms with van der Waals surface area (Å²) in [6.45, 7) is 0.435. The molecule has 0 aliphatic rings. The number of nitrogens with one attached hydrogen (secondary N) is 1. The van der Waals surface area contributed by atoms with E-state index >= 15 is 0 Å². The van der Waals surface area contributed by atoms with Gasteiger partial charge in [0.1, 0.15) is 5.82 Å². The van der Waals surface area contributed by atoms with E-state index in [-0.39, 0.29) is 12.2 Å². The average Bonchev–Trinajstić information content (AvgIpc) is 2.41. The maximum atomic E-state index is 13.5. The first-order chi connectivity index (χ1) is 9.54. The Balaban J connectivity index is 2.00. The number of rotatable bonds is 5. The van der Waals surface area contributed by atoms with Crippen LogP contribution in [0.4, 0.5) is 10.1 Å². The molecule has 0 aliphatic carbocycles. The quantitative estimate of drug-likeness (QED) is 0.883. The molecule has 104 valence electrons. The molecule has 0 amide bonds. The van der Waals surface area contributed by atoms with E-state index in [1.54, 1.807) is 12.1 Å². The summed E-state index contributed by atoms with van der Waals surface area (Å²) in [5.74, 6) is -1.23. The Morgan fingerprint density at radius 3 is 2.45 bits per heavy atom. The van der Waals surface area contributed by atoms with Crippen molar-refractivity contribution in [3.63, 3.8) is 0 Å². The fraction of sp³-hybridized carbons (Fsp3) is 0.133. The lowest BCUT2D eigenvalue weighted by atomic mass is 10.1. The monoisotopic (exact) mass is 293 g/mol. The fourth-order valence-corrected chi connectivity index (χ4v) is 1.95. The molecule has 2 aromatic carbocycles. The lowest BCUT2D eigenvalue weighted by Gasteiger charge is -2.08. The van der Waals surface area contributed by atoms with Crippen molar-refractivity contribution in [2.75, 3.05) is 5.32 Å². The van der Waals surface area contributed by atoms with Crippen molar-refractivity contribution in [2.45, 2.75) is 13.0 Å². The van der Waals surface area contributed by atoms with Crippen LogP contribution in [0.3, 0.4) is 0 Å². The van der Waals surface area contributed by atoms with Crippen LogP contribution in [0, 0.1) is 5.82 Å². The number of aliphatic carboxylic acids is 1. The van der Waals surface area contributed by atoms with Crippen LogP contribution < -0.4 is 5.32 Å². The third-order valence-electron chi connectivity index (χ3n) is 2.79. The Kier molecular flexibility index (Phi) is 4.58. The van der Waals surface area contributed by atoms with Crippen LogP contribution in [0.1, 0.15) is 11.1 Å². The maximum absolute atomic E-state index is 13.5. The number of carbonyl (C=O) groups is 1. The van der Waals surface area contributed by atoms with Gasteiger partial charge in [0.05, 0.1) is 12.1 Å². The van der Waals surface area contributed by atoms with E-state index in [2.05, 4.69) is 5.32 Å². The van der Waals surface area contributed by atoms with Crippen molar-refractivity contribution < 1.29 is 14.3 Å². The molecule has 0 aliphatic heterocycles. The zero-order chi connectivity index (χ0) is 14.5. The molecule has 2 N–H and O–H groups in total. The summed E-state index contributed by atoms with van der Waals surface area (Å²) in [5, 5.41) is 12.1. The number of hydrogen-bond donors (Lipinski definition) is 2. The first-order valence-corrected chi connectivity index (χ1v) is 6.41. The Morgan fingerprint density at radius 2 is 1.80 bits per heavy atom. The van der Waals surface area contributed by atoms with Crippen LogP contribution in [-0.2, 0) is 17.8 Å². The fourth-order valence-electron chi connectivity index (χ4n) is 1.78.